The molecule has 0 saturated carbocycles. The summed E-state index contributed by atoms with van der Waals surface area (Å²) in [6.45, 7) is 2.56. The molecule has 1 aliphatic rings. The van der Waals surface area contributed by atoms with E-state index in [0.717, 1.165) is 5.69 Å². The molecule has 0 spiro atoms. The summed E-state index contributed by atoms with van der Waals surface area (Å²) in [6.07, 6.45) is 1.72. The summed E-state index contributed by atoms with van der Waals surface area (Å²) in [5.74, 6) is 1.10. The maximum atomic E-state index is 12.0. The van der Waals surface area contributed by atoms with Crippen molar-refractivity contribution in [3.05, 3.63) is 33.7 Å². The number of fused-ring (bicyclic) bond motifs is 1. The minimum Gasteiger partial charge on any atom is -0.378 e. The molecular weight excluding hydrogens is 310 g/mol. The number of thioether (sulfide) groups is 1. The third-order valence-electron chi connectivity index (χ3n) is 3.20. The van der Waals surface area contributed by atoms with Crippen LogP contribution in [0.3, 0.4) is 0 Å². The third-order valence-corrected chi connectivity index (χ3v) is 4.90. The van der Waals surface area contributed by atoms with Crippen molar-refractivity contribution in [2.24, 2.45) is 0 Å². The topological polar surface area (TPSA) is 63.9 Å². The standard InChI is InChI=1S/C13H15N3O3S2/c17-11-7-10(14-13-16(11)3-6-21-13)8-20-9-12(18)15-1-4-19-5-2-15/h3,6-7H,1-2,4-5,8-9H2. The second-order valence-corrected chi connectivity index (χ2v) is 6.49. The van der Waals surface area contributed by atoms with Crippen LogP contribution in [0.4, 0.5) is 0 Å². The van der Waals surface area contributed by atoms with Crippen molar-refractivity contribution in [2.45, 2.75) is 5.75 Å². The van der Waals surface area contributed by atoms with E-state index >= 15 is 0 Å². The molecule has 0 aromatic carbocycles. The van der Waals surface area contributed by atoms with Crippen LogP contribution in [0.15, 0.2) is 22.4 Å². The number of aromatic nitrogens is 2. The van der Waals surface area contributed by atoms with Crippen molar-refractivity contribution in [3.63, 3.8) is 0 Å². The van der Waals surface area contributed by atoms with Crippen LogP contribution in [0, 0.1) is 0 Å². The lowest BCUT2D eigenvalue weighted by Crippen LogP contribution is -2.41. The van der Waals surface area contributed by atoms with Crippen LogP contribution < -0.4 is 5.56 Å². The number of thiazole rings is 1. The van der Waals surface area contributed by atoms with Crippen molar-refractivity contribution in [1.82, 2.24) is 14.3 Å². The number of morpholine rings is 1. The van der Waals surface area contributed by atoms with E-state index < -0.39 is 0 Å². The van der Waals surface area contributed by atoms with Gasteiger partial charge in [-0.15, -0.1) is 23.1 Å². The Bertz CT molecular complexity index is 691. The molecule has 1 fully saturated rings. The number of hydrogen-bond acceptors (Lipinski definition) is 6. The summed E-state index contributed by atoms with van der Waals surface area (Å²) < 4.78 is 6.75. The molecule has 3 heterocycles. The van der Waals surface area contributed by atoms with Crippen LogP contribution in [-0.2, 0) is 15.3 Å². The summed E-state index contributed by atoms with van der Waals surface area (Å²) in [6, 6.07) is 1.53. The van der Waals surface area contributed by atoms with Crippen molar-refractivity contribution in [2.75, 3.05) is 32.1 Å². The average Bonchev–Trinajstić information content (AvgIpc) is 2.97. The van der Waals surface area contributed by atoms with E-state index in [0.29, 0.717) is 42.8 Å². The molecule has 1 saturated heterocycles. The van der Waals surface area contributed by atoms with E-state index in [1.54, 1.807) is 6.20 Å². The van der Waals surface area contributed by atoms with Crippen molar-refractivity contribution < 1.29 is 9.53 Å². The maximum absolute atomic E-state index is 12.0. The second-order valence-electron chi connectivity index (χ2n) is 4.63. The summed E-state index contributed by atoms with van der Waals surface area (Å²) in [7, 11) is 0. The molecule has 0 radical (unpaired) electrons. The lowest BCUT2D eigenvalue weighted by Gasteiger charge is -2.26. The number of ether oxygens (including phenoxy) is 1. The number of carbonyl (C=O) groups excluding carboxylic acids is 1. The fourth-order valence-electron chi connectivity index (χ4n) is 2.11. The average molecular weight is 325 g/mol. The van der Waals surface area contributed by atoms with Gasteiger partial charge in [0, 0.05) is 36.5 Å². The molecule has 0 bridgehead atoms. The van der Waals surface area contributed by atoms with Gasteiger partial charge in [0.05, 0.1) is 24.7 Å². The van der Waals surface area contributed by atoms with E-state index in [4.69, 9.17) is 4.74 Å². The Morgan fingerprint density at radius 3 is 3.05 bits per heavy atom. The first-order valence-corrected chi connectivity index (χ1v) is 8.66. The van der Waals surface area contributed by atoms with Gasteiger partial charge >= 0.3 is 0 Å². The fraction of sp³-hybridized carbons (Fsp3) is 0.462. The molecule has 2 aromatic rings. The molecule has 8 heteroatoms. The highest BCUT2D eigenvalue weighted by Gasteiger charge is 2.16. The van der Waals surface area contributed by atoms with E-state index in [9.17, 15) is 9.59 Å². The van der Waals surface area contributed by atoms with Crippen molar-refractivity contribution in [3.8, 4) is 0 Å². The van der Waals surface area contributed by atoms with E-state index in [1.165, 1.54) is 33.6 Å². The van der Waals surface area contributed by atoms with Gasteiger partial charge in [-0.3, -0.25) is 14.0 Å². The van der Waals surface area contributed by atoms with Gasteiger partial charge in [0.25, 0.3) is 5.56 Å². The monoisotopic (exact) mass is 325 g/mol. The van der Waals surface area contributed by atoms with Gasteiger partial charge in [-0.05, 0) is 0 Å². The zero-order chi connectivity index (χ0) is 14.7. The highest BCUT2D eigenvalue weighted by atomic mass is 32.2. The number of hydrogen-bond donors (Lipinski definition) is 0. The van der Waals surface area contributed by atoms with Crippen LogP contribution in [0.25, 0.3) is 4.96 Å². The second kappa shape index (κ2) is 6.59. The van der Waals surface area contributed by atoms with Crippen LogP contribution in [0.2, 0.25) is 0 Å². The van der Waals surface area contributed by atoms with Gasteiger partial charge in [0.15, 0.2) is 4.96 Å². The molecule has 112 valence electrons. The highest BCUT2D eigenvalue weighted by Crippen LogP contribution is 2.13. The summed E-state index contributed by atoms with van der Waals surface area (Å²) >= 11 is 2.92. The Labute approximate surface area is 129 Å². The first-order chi connectivity index (χ1) is 10.2. The Morgan fingerprint density at radius 1 is 1.43 bits per heavy atom. The van der Waals surface area contributed by atoms with Gasteiger partial charge in [-0.25, -0.2) is 4.98 Å². The molecular formula is C13H15N3O3S2. The van der Waals surface area contributed by atoms with Crippen LogP contribution in [0.1, 0.15) is 5.69 Å². The maximum Gasteiger partial charge on any atom is 0.258 e. The Hall–Kier alpha value is -1.38. The Balaban J connectivity index is 1.56. The molecule has 0 aliphatic carbocycles. The number of amides is 1. The third kappa shape index (κ3) is 3.45. The van der Waals surface area contributed by atoms with Gasteiger partial charge in [0.1, 0.15) is 0 Å². The largest absolute Gasteiger partial charge is 0.378 e. The predicted molar refractivity (Wildman–Crippen MR) is 82.9 cm³/mol. The molecule has 2 aromatic heterocycles. The smallest absolute Gasteiger partial charge is 0.258 e. The van der Waals surface area contributed by atoms with Crippen LogP contribution in [0.5, 0.6) is 0 Å². The summed E-state index contributed by atoms with van der Waals surface area (Å²) in [4.78, 5) is 30.8. The Morgan fingerprint density at radius 2 is 2.24 bits per heavy atom. The van der Waals surface area contributed by atoms with E-state index in [2.05, 4.69) is 4.98 Å². The summed E-state index contributed by atoms with van der Waals surface area (Å²) in [5, 5.41) is 1.84. The molecule has 0 N–H and O–H groups in total. The quantitative estimate of drug-likeness (QED) is 0.834. The normalized spacial score (nSPS) is 15.5. The SMILES string of the molecule is O=C(CSCc1cc(=O)n2ccsc2n1)N1CCOCC1. The lowest BCUT2D eigenvalue weighted by atomic mass is 10.4. The minimum absolute atomic E-state index is 0.0728. The van der Waals surface area contributed by atoms with Crippen LogP contribution in [-0.4, -0.2) is 52.2 Å². The van der Waals surface area contributed by atoms with E-state index in [1.807, 2.05) is 10.3 Å². The fourth-order valence-corrected chi connectivity index (χ4v) is 3.66. The molecule has 6 nitrogen and oxygen atoms in total. The van der Waals surface area contributed by atoms with Crippen molar-refractivity contribution in [1.29, 1.82) is 0 Å². The van der Waals surface area contributed by atoms with Gasteiger partial charge in [-0.1, -0.05) is 0 Å². The number of rotatable bonds is 4. The molecule has 3 rings (SSSR count). The number of carbonyl (C=O) groups is 1. The summed E-state index contributed by atoms with van der Waals surface area (Å²) in [5.41, 5.74) is 0.651. The van der Waals surface area contributed by atoms with Crippen LogP contribution >= 0.6 is 23.1 Å². The first kappa shape index (κ1) is 14.6. The zero-order valence-electron chi connectivity index (χ0n) is 11.4. The Kier molecular flexibility index (Phi) is 4.57. The first-order valence-electron chi connectivity index (χ1n) is 6.63. The molecule has 0 atom stereocenters. The predicted octanol–water partition coefficient (Wildman–Crippen LogP) is 0.848. The van der Waals surface area contributed by atoms with E-state index in [-0.39, 0.29) is 11.5 Å². The minimum atomic E-state index is -0.0728. The molecule has 1 amide bonds. The van der Waals surface area contributed by atoms with Gasteiger partial charge in [-0.2, -0.15) is 0 Å². The van der Waals surface area contributed by atoms with Crippen molar-refractivity contribution >= 4 is 34.0 Å². The molecule has 0 unspecified atom stereocenters. The highest BCUT2D eigenvalue weighted by molar-refractivity contribution is 7.99. The number of nitrogens with zero attached hydrogens (tertiary/aromatic N) is 3. The lowest BCUT2D eigenvalue weighted by molar-refractivity contribution is -0.132. The molecule has 21 heavy (non-hydrogen) atoms. The molecule has 1 aliphatic heterocycles. The van der Waals surface area contributed by atoms with Gasteiger partial charge in [0.2, 0.25) is 5.91 Å². The van der Waals surface area contributed by atoms with Gasteiger partial charge < -0.3 is 9.64 Å². The zero-order valence-corrected chi connectivity index (χ0v) is 13.0.